The third-order valence-electron chi connectivity index (χ3n) is 1.74. The minimum atomic E-state index is 0.302. The molecule has 0 bridgehead atoms. The van der Waals surface area contributed by atoms with Gasteiger partial charge in [0.25, 0.3) is 0 Å². The molecule has 4 N–H and O–H groups in total. The van der Waals surface area contributed by atoms with Gasteiger partial charge in [0, 0.05) is 0 Å². The zero-order chi connectivity index (χ0) is 9.42. The van der Waals surface area contributed by atoms with Gasteiger partial charge in [0.15, 0.2) is 11.5 Å². The van der Waals surface area contributed by atoms with Crippen molar-refractivity contribution in [2.45, 2.75) is 0 Å². The molecule has 2 aromatic rings. The van der Waals surface area contributed by atoms with Crippen LogP contribution in [-0.4, -0.2) is 14.4 Å². The summed E-state index contributed by atoms with van der Waals surface area (Å²) in [6.07, 6.45) is 2.82. The van der Waals surface area contributed by atoms with E-state index >= 15 is 0 Å². The van der Waals surface area contributed by atoms with E-state index in [1.54, 1.807) is 0 Å². The molecule has 64 valence electrons. The van der Waals surface area contributed by atoms with Gasteiger partial charge in [-0.15, -0.1) is 0 Å². The van der Waals surface area contributed by atoms with Gasteiger partial charge in [0.05, 0.1) is 6.20 Å². The Labute approximate surface area is 73.4 Å². The summed E-state index contributed by atoms with van der Waals surface area (Å²) in [5, 5.41) is 8.65. The molecule has 0 fully saturated rings. The smallest absolute Gasteiger partial charge is 0.182 e. The van der Waals surface area contributed by atoms with E-state index in [2.05, 4.69) is 9.97 Å². The molecular weight excluding hydrogens is 168 g/mol. The molecule has 0 spiro atoms. The van der Waals surface area contributed by atoms with Gasteiger partial charge in [-0.1, -0.05) is 0 Å². The van der Waals surface area contributed by atoms with Gasteiger partial charge in [0.1, 0.15) is 23.8 Å². The second-order valence-electron chi connectivity index (χ2n) is 2.49. The lowest BCUT2D eigenvalue weighted by Gasteiger charge is -1.99. The normalized spacial score (nSPS) is 10.1. The van der Waals surface area contributed by atoms with Crippen molar-refractivity contribution in [3.8, 4) is 6.07 Å². The van der Waals surface area contributed by atoms with E-state index in [1.165, 1.54) is 16.9 Å². The molecule has 0 aliphatic heterocycles. The first-order chi connectivity index (χ1) is 6.24. The summed E-state index contributed by atoms with van der Waals surface area (Å²) in [6.45, 7) is 0. The van der Waals surface area contributed by atoms with Crippen molar-refractivity contribution in [3.05, 3.63) is 18.1 Å². The summed E-state index contributed by atoms with van der Waals surface area (Å²) < 4.78 is 1.48. The first-order valence-electron chi connectivity index (χ1n) is 3.51. The number of rotatable bonds is 0. The number of nitriles is 1. The van der Waals surface area contributed by atoms with E-state index in [1.807, 2.05) is 6.07 Å². The molecule has 13 heavy (non-hydrogen) atoms. The minimum absolute atomic E-state index is 0.302. The maximum atomic E-state index is 8.65. The lowest BCUT2D eigenvalue weighted by molar-refractivity contribution is 1.11. The third kappa shape index (κ3) is 0.873. The summed E-state index contributed by atoms with van der Waals surface area (Å²) >= 11 is 0. The highest BCUT2D eigenvalue weighted by Gasteiger charge is 2.07. The standard InChI is InChI=1S/C7H6N6/c8-1-4-2-11-7-5(9)12-3-13(7)6(4)10/h2-3H,9-10H2. The fourth-order valence-electron chi connectivity index (χ4n) is 1.07. The van der Waals surface area contributed by atoms with Crippen LogP contribution in [0, 0.1) is 11.3 Å². The van der Waals surface area contributed by atoms with Gasteiger partial charge in [-0.05, 0) is 0 Å². The molecule has 2 heterocycles. The number of nitrogens with two attached hydrogens (primary N) is 2. The molecule has 6 nitrogen and oxygen atoms in total. The van der Waals surface area contributed by atoms with E-state index in [4.69, 9.17) is 16.7 Å². The van der Waals surface area contributed by atoms with Crippen molar-refractivity contribution < 1.29 is 0 Å². The van der Waals surface area contributed by atoms with E-state index in [0.717, 1.165) is 0 Å². The van der Waals surface area contributed by atoms with E-state index < -0.39 is 0 Å². The molecule has 2 rings (SSSR count). The average molecular weight is 174 g/mol. The number of imidazole rings is 1. The minimum Gasteiger partial charge on any atom is -0.384 e. The molecule has 0 atom stereocenters. The van der Waals surface area contributed by atoms with E-state index in [-0.39, 0.29) is 0 Å². The van der Waals surface area contributed by atoms with Crippen molar-refractivity contribution in [1.29, 1.82) is 5.26 Å². The molecule has 0 saturated heterocycles. The van der Waals surface area contributed by atoms with Crippen LogP contribution in [0.2, 0.25) is 0 Å². The first-order valence-corrected chi connectivity index (χ1v) is 3.51. The molecule has 2 aromatic heterocycles. The topological polar surface area (TPSA) is 106 Å². The zero-order valence-corrected chi connectivity index (χ0v) is 6.60. The summed E-state index contributed by atoms with van der Waals surface area (Å²) in [5.41, 5.74) is 11.9. The molecule has 0 aliphatic carbocycles. The third-order valence-corrected chi connectivity index (χ3v) is 1.74. The molecule has 0 unspecified atom stereocenters. The second kappa shape index (κ2) is 2.35. The summed E-state index contributed by atoms with van der Waals surface area (Å²) in [5.74, 6) is 0.605. The van der Waals surface area contributed by atoms with Crippen LogP contribution in [0.5, 0.6) is 0 Å². The molecule has 0 amide bonds. The lowest BCUT2D eigenvalue weighted by atomic mass is 10.3. The highest BCUT2D eigenvalue weighted by atomic mass is 15.1. The van der Waals surface area contributed by atoms with Crippen molar-refractivity contribution in [3.63, 3.8) is 0 Å². The van der Waals surface area contributed by atoms with Crippen LogP contribution in [0.3, 0.4) is 0 Å². The molecule has 0 radical (unpaired) electrons. The van der Waals surface area contributed by atoms with Crippen LogP contribution in [0.25, 0.3) is 5.65 Å². The Morgan fingerprint density at radius 3 is 2.85 bits per heavy atom. The van der Waals surface area contributed by atoms with Crippen LogP contribution < -0.4 is 11.5 Å². The fraction of sp³-hybridized carbons (Fsp3) is 0. The average Bonchev–Trinajstić information content (AvgIpc) is 2.50. The second-order valence-corrected chi connectivity index (χ2v) is 2.49. The summed E-state index contributed by atoms with van der Waals surface area (Å²) in [6, 6.07) is 1.92. The summed E-state index contributed by atoms with van der Waals surface area (Å²) in [4.78, 5) is 7.77. The lowest BCUT2D eigenvalue weighted by Crippen LogP contribution is -2.01. The van der Waals surface area contributed by atoms with E-state index in [0.29, 0.717) is 22.8 Å². The number of hydrogen-bond donors (Lipinski definition) is 2. The van der Waals surface area contributed by atoms with Crippen molar-refractivity contribution in [2.24, 2.45) is 0 Å². The van der Waals surface area contributed by atoms with Gasteiger partial charge in [0.2, 0.25) is 0 Å². The Balaban J connectivity index is 2.90. The quantitative estimate of drug-likeness (QED) is 0.573. The Bertz CT molecular complexity index is 505. The number of aromatic nitrogens is 3. The van der Waals surface area contributed by atoms with Gasteiger partial charge < -0.3 is 11.5 Å². The van der Waals surface area contributed by atoms with Crippen molar-refractivity contribution in [2.75, 3.05) is 11.5 Å². The molecule has 0 aliphatic rings. The first kappa shape index (κ1) is 7.36. The Hall–Kier alpha value is -2.29. The highest BCUT2D eigenvalue weighted by Crippen LogP contribution is 2.15. The van der Waals surface area contributed by atoms with Gasteiger partial charge in [-0.2, -0.15) is 5.26 Å². The Morgan fingerprint density at radius 1 is 1.38 bits per heavy atom. The largest absolute Gasteiger partial charge is 0.384 e. The van der Waals surface area contributed by atoms with Crippen LogP contribution in [0.1, 0.15) is 5.56 Å². The molecular formula is C7H6N6. The predicted molar refractivity (Wildman–Crippen MR) is 46.5 cm³/mol. The maximum absolute atomic E-state index is 8.65. The number of nitrogens with zero attached hydrogens (tertiary/aromatic N) is 4. The maximum Gasteiger partial charge on any atom is 0.182 e. The number of hydrogen-bond acceptors (Lipinski definition) is 5. The fourth-order valence-corrected chi connectivity index (χ4v) is 1.07. The number of fused-ring (bicyclic) bond motifs is 1. The monoisotopic (exact) mass is 174 g/mol. The highest BCUT2D eigenvalue weighted by molar-refractivity contribution is 5.65. The number of anilines is 2. The SMILES string of the molecule is N#Cc1cnc2c(N)ncn2c1N. The molecule has 0 aromatic carbocycles. The van der Waals surface area contributed by atoms with Crippen LogP contribution >= 0.6 is 0 Å². The van der Waals surface area contributed by atoms with Crippen molar-refractivity contribution in [1.82, 2.24) is 14.4 Å². The summed E-state index contributed by atoms with van der Waals surface area (Å²) in [7, 11) is 0. The van der Waals surface area contributed by atoms with Crippen LogP contribution in [0.4, 0.5) is 11.6 Å². The van der Waals surface area contributed by atoms with Gasteiger partial charge >= 0.3 is 0 Å². The Morgan fingerprint density at radius 2 is 2.15 bits per heavy atom. The zero-order valence-electron chi connectivity index (χ0n) is 6.60. The van der Waals surface area contributed by atoms with Gasteiger partial charge in [-0.3, -0.25) is 4.40 Å². The molecule has 6 heteroatoms. The number of nitrogen functional groups attached to an aromatic ring is 2. The van der Waals surface area contributed by atoms with Crippen LogP contribution in [-0.2, 0) is 0 Å². The predicted octanol–water partition coefficient (Wildman–Crippen LogP) is -0.235. The van der Waals surface area contributed by atoms with Crippen LogP contribution in [0.15, 0.2) is 12.5 Å². The van der Waals surface area contributed by atoms with E-state index in [9.17, 15) is 0 Å². The Kier molecular flexibility index (Phi) is 1.33. The van der Waals surface area contributed by atoms with Crippen molar-refractivity contribution >= 4 is 17.3 Å². The molecule has 0 saturated carbocycles. The van der Waals surface area contributed by atoms with Gasteiger partial charge in [-0.25, -0.2) is 9.97 Å².